The van der Waals surface area contributed by atoms with E-state index in [1.807, 2.05) is 12.1 Å². The molecule has 1 aromatic rings. The molecule has 0 bridgehead atoms. The topological polar surface area (TPSA) is 101 Å². The smallest absolute Gasteiger partial charge is 0.246 e. The van der Waals surface area contributed by atoms with Crippen molar-refractivity contribution >= 4 is 23.3 Å². The molecule has 1 amide bonds. The van der Waals surface area contributed by atoms with Crippen LogP contribution in [-0.2, 0) is 20.7 Å². The standard InChI is InChI=1S/C32H43ClN6O3/c1-3-26(40)39-18-17-38(19-22(39)12-15-34)30-25-11-14-32(13-10-21-7-4-5-9-24(21)28(32)33)29(41)27(25)35-31(36-30)42-20-23-8-6-16-37(23)2/h3-5,7,9,22-23,25,27-28,30-31,35-36H,1,6,8,10-14,16-20H2,2H3. The van der Waals surface area contributed by atoms with Crippen molar-refractivity contribution in [3.8, 4) is 6.07 Å². The summed E-state index contributed by atoms with van der Waals surface area (Å²) in [7, 11) is 2.14. The molecule has 2 N–H and O–H groups in total. The number of nitriles is 1. The molecule has 1 spiro atoms. The number of hydrogen-bond acceptors (Lipinski definition) is 8. The Kier molecular flexibility index (Phi) is 8.75. The van der Waals surface area contributed by atoms with Gasteiger partial charge in [-0.25, -0.2) is 0 Å². The predicted molar refractivity (Wildman–Crippen MR) is 160 cm³/mol. The van der Waals surface area contributed by atoms with Crippen molar-refractivity contribution in [1.29, 1.82) is 5.26 Å². The Morgan fingerprint density at radius 2 is 2.05 bits per heavy atom. The van der Waals surface area contributed by atoms with E-state index in [4.69, 9.17) is 16.3 Å². The molecule has 6 rings (SSSR count). The molecule has 8 unspecified atom stereocenters. The number of nitrogens with one attached hydrogen (secondary N) is 2. The lowest BCUT2D eigenvalue weighted by atomic mass is 9.58. The molecule has 10 heteroatoms. The van der Waals surface area contributed by atoms with Gasteiger partial charge in [0.1, 0.15) is 0 Å². The minimum atomic E-state index is -0.611. The molecule has 226 valence electrons. The van der Waals surface area contributed by atoms with Crippen molar-refractivity contribution in [2.24, 2.45) is 11.3 Å². The minimum absolute atomic E-state index is 0.0163. The van der Waals surface area contributed by atoms with Gasteiger partial charge >= 0.3 is 0 Å². The number of fused-ring (bicyclic) bond motifs is 2. The lowest BCUT2D eigenvalue weighted by Gasteiger charge is -2.56. The van der Waals surface area contributed by atoms with E-state index in [1.54, 1.807) is 4.90 Å². The van der Waals surface area contributed by atoms with Gasteiger partial charge in [0, 0.05) is 31.6 Å². The Morgan fingerprint density at radius 3 is 2.81 bits per heavy atom. The Balaban J connectivity index is 1.26. The number of carbonyl (C=O) groups is 2. The van der Waals surface area contributed by atoms with E-state index in [9.17, 15) is 14.9 Å². The number of piperazine rings is 1. The number of carbonyl (C=O) groups excluding carboxylic acids is 2. The summed E-state index contributed by atoms with van der Waals surface area (Å²) in [5.41, 5.74) is 1.72. The molecule has 0 radical (unpaired) electrons. The number of amides is 1. The summed E-state index contributed by atoms with van der Waals surface area (Å²) in [4.78, 5) is 33.6. The van der Waals surface area contributed by atoms with Crippen LogP contribution in [0.3, 0.4) is 0 Å². The van der Waals surface area contributed by atoms with Crippen molar-refractivity contribution in [2.45, 2.75) is 81.0 Å². The molecule has 8 atom stereocenters. The molecule has 4 fully saturated rings. The molecule has 2 aliphatic carbocycles. The number of ketones is 1. The van der Waals surface area contributed by atoms with Crippen molar-refractivity contribution in [3.63, 3.8) is 0 Å². The fourth-order valence-electron chi connectivity index (χ4n) is 8.23. The van der Waals surface area contributed by atoms with E-state index in [0.29, 0.717) is 32.3 Å². The molecule has 0 aromatic heterocycles. The van der Waals surface area contributed by atoms with E-state index in [-0.39, 0.29) is 41.6 Å². The van der Waals surface area contributed by atoms with Gasteiger partial charge in [0.2, 0.25) is 5.91 Å². The summed E-state index contributed by atoms with van der Waals surface area (Å²) in [5, 5.41) is 16.5. The number of nitrogens with zero attached hydrogens (tertiary/aromatic N) is 4. The second-order valence-electron chi connectivity index (χ2n) is 12.8. The van der Waals surface area contributed by atoms with Crippen molar-refractivity contribution < 1.29 is 14.3 Å². The molecule has 1 saturated carbocycles. The Hall–Kier alpha value is -2.32. The highest BCUT2D eigenvalue weighted by molar-refractivity contribution is 6.23. The normalized spacial score (nSPS) is 37.2. The second kappa shape index (κ2) is 12.4. The van der Waals surface area contributed by atoms with Crippen LogP contribution >= 0.6 is 11.6 Å². The third-order valence-electron chi connectivity index (χ3n) is 10.7. The first-order valence-corrected chi connectivity index (χ1v) is 15.9. The summed E-state index contributed by atoms with van der Waals surface area (Å²) in [6, 6.07) is 10.3. The molecule has 42 heavy (non-hydrogen) atoms. The average molecular weight is 595 g/mol. The number of likely N-dealkylation sites (N-methyl/N-ethyl adjacent to an activating group) is 1. The maximum absolute atomic E-state index is 14.6. The van der Waals surface area contributed by atoms with Gasteiger partial charge in [0.25, 0.3) is 0 Å². The molecular formula is C32H43ClN6O3. The maximum atomic E-state index is 14.6. The lowest BCUT2D eigenvalue weighted by Crippen LogP contribution is -2.75. The van der Waals surface area contributed by atoms with Crippen molar-refractivity contribution in [1.82, 2.24) is 25.3 Å². The molecule has 3 saturated heterocycles. The third kappa shape index (κ3) is 5.31. The van der Waals surface area contributed by atoms with E-state index < -0.39 is 17.8 Å². The fraction of sp³-hybridized carbons (Fsp3) is 0.656. The van der Waals surface area contributed by atoms with Gasteiger partial charge in [-0.2, -0.15) is 5.26 Å². The van der Waals surface area contributed by atoms with Gasteiger partial charge < -0.3 is 14.5 Å². The van der Waals surface area contributed by atoms with Gasteiger partial charge in [0.05, 0.1) is 48.1 Å². The van der Waals surface area contributed by atoms with E-state index in [1.165, 1.54) is 11.6 Å². The summed E-state index contributed by atoms with van der Waals surface area (Å²) in [5.74, 6) is 0.0661. The van der Waals surface area contributed by atoms with Crippen LogP contribution in [0.15, 0.2) is 36.9 Å². The first kappa shape index (κ1) is 29.7. The predicted octanol–water partition coefficient (Wildman–Crippen LogP) is 2.77. The van der Waals surface area contributed by atoms with Crippen LogP contribution in [0.25, 0.3) is 0 Å². The molecule has 3 heterocycles. The zero-order valence-corrected chi connectivity index (χ0v) is 25.3. The van der Waals surface area contributed by atoms with E-state index >= 15 is 0 Å². The van der Waals surface area contributed by atoms with Gasteiger partial charge in [-0.05, 0) is 69.3 Å². The average Bonchev–Trinajstić information content (AvgIpc) is 3.43. The van der Waals surface area contributed by atoms with Gasteiger partial charge in [-0.3, -0.25) is 25.1 Å². The number of aryl methyl sites for hydroxylation is 1. The van der Waals surface area contributed by atoms with E-state index in [0.717, 1.165) is 50.6 Å². The first-order valence-electron chi connectivity index (χ1n) is 15.5. The van der Waals surface area contributed by atoms with Crippen LogP contribution in [0, 0.1) is 22.7 Å². The van der Waals surface area contributed by atoms with Crippen LogP contribution in [0.1, 0.15) is 55.0 Å². The van der Waals surface area contributed by atoms with Crippen LogP contribution < -0.4 is 10.6 Å². The zero-order chi connectivity index (χ0) is 29.4. The van der Waals surface area contributed by atoms with Crippen LogP contribution in [0.4, 0.5) is 0 Å². The summed E-state index contributed by atoms with van der Waals surface area (Å²) < 4.78 is 6.46. The second-order valence-corrected chi connectivity index (χ2v) is 13.2. The highest BCUT2D eigenvalue weighted by atomic mass is 35.5. The van der Waals surface area contributed by atoms with E-state index in [2.05, 4.69) is 52.3 Å². The first-order chi connectivity index (χ1) is 20.4. The Labute approximate surface area is 254 Å². The quantitative estimate of drug-likeness (QED) is 0.383. The number of Topliss-reactive ketones (excluding diaryl/α,β-unsaturated/α-hetero) is 1. The van der Waals surface area contributed by atoms with Crippen LogP contribution in [-0.4, -0.2) is 96.9 Å². The van der Waals surface area contributed by atoms with Gasteiger partial charge in [-0.1, -0.05) is 30.8 Å². The van der Waals surface area contributed by atoms with Crippen molar-refractivity contribution in [3.05, 3.63) is 48.0 Å². The number of rotatable bonds is 6. The lowest BCUT2D eigenvalue weighted by molar-refractivity contribution is -0.154. The Morgan fingerprint density at radius 1 is 1.21 bits per heavy atom. The summed E-state index contributed by atoms with van der Waals surface area (Å²) >= 11 is 7.22. The number of benzene rings is 1. The zero-order valence-electron chi connectivity index (χ0n) is 24.5. The molecule has 9 nitrogen and oxygen atoms in total. The largest absolute Gasteiger partial charge is 0.348 e. The maximum Gasteiger partial charge on any atom is 0.246 e. The highest BCUT2D eigenvalue weighted by Gasteiger charge is 2.58. The van der Waals surface area contributed by atoms with Gasteiger partial charge in [0.15, 0.2) is 12.1 Å². The number of alkyl halides is 1. The number of halogens is 1. The number of hydrogen-bond donors (Lipinski definition) is 2. The fourth-order valence-corrected chi connectivity index (χ4v) is 8.77. The van der Waals surface area contributed by atoms with Crippen LogP contribution in [0.2, 0.25) is 0 Å². The van der Waals surface area contributed by atoms with Crippen LogP contribution in [0.5, 0.6) is 0 Å². The third-order valence-corrected chi connectivity index (χ3v) is 11.3. The number of likely N-dealkylation sites (tertiary alicyclic amines) is 1. The highest BCUT2D eigenvalue weighted by Crippen LogP contribution is 2.55. The minimum Gasteiger partial charge on any atom is -0.348 e. The number of ether oxygens (including phenoxy) is 1. The molecule has 1 aromatic carbocycles. The molecule has 5 aliphatic rings. The SMILES string of the molecule is C=CC(=O)N1CCN(C2NC(OCC3CCCN3C)NC3C(=O)C4(CCc5ccccc5C4Cl)CCC32)CC1CC#N. The Bertz CT molecular complexity index is 1240. The van der Waals surface area contributed by atoms with Gasteiger partial charge in [-0.15, -0.1) is 11.6 Å². The summed E-state index contributed by atoms with van der Waals surface area (Å²) in [6.07, 6.45) is 6.42. The summed E-state index contributed by atoms with van der Waals surface area (Å²) in [6.45, 7) is 7.01. The monoisotopic (exact) mass is 594 g/mol. The molecular weight excluding hydrogens is 552 g/mol. The van der Waals surface area contributed by atoms with Crippen molar-refractivity contribution in [2.75, 3.05) is 39.8 Å². The molecule has 3 aliphatic heterocycles.